The molecule has 1 heterocycles. The van der Waals surface area contributed by atoms with Gasteiger partial charge in [-0.25, -0.2) is 0 Å². The molecule has 0 aliphatic heterocycles. The van der Waals surface area contributed by atoms with Crippen LogP contribution in [-0.4, -0.2) is 15.9 Å². The summed E-state index contributed by atoms with van der Waals surface area (Å²) in [7, 11) is 0. The van der Waals surface area contributed by atoms with Gasteiger partial charge in [-0.2, -0.15) is 0 Å². The second kappa shape index (κ2) is 8.00. The number of nitrogens with one attached hydrogen (secondary N) is 1. The van der Waals surface area contributed by atoms with Gasteiger partial charge in [0.1, 0.15) is 6.54 Å². The van der Waals surface area contributed by atoms with E-state index in [1.54, 1.807) is 29.8 Å². The fourth-order valence-corrected chi connectivity index (χ4v) is 2.71. The number of benzene rings is 1. The molecule has 2 rings (SSSR count). The minimum atomic E-state index is -1.66. The molecule has 1 amide bonds. The standard InChI is InChI=1S/C18H21Cl3N2O2/c1-17(2,3)13-8-6-12(7-9-13)15(24)23-16(18(19,20)21)22-11-14-5-4-10-25-14/h4-10,16,22H,11H2,1-3H3,(H,23,24)/p+1. The molecule has 3 N–H and O–H groups in total. The van der Waals surface area contributed by atoms with Gasteiger partial charge < -0.3 is 9.73 Å². The van der Waals surface area contributed by atoms with Crippen molar-refractivity contribution in [2.24, 2.45) is 0 Å². The maximum atomic E-state index is 12.5. The third kappa shape index (κ3) is 5.93. The maximum absolute atomic E-state index is 12.5. The van der Waals surface area contributed by atoms with Crippen molar-refractivity contribution in [3.63, 3.8) is 0 Å². The molecule has 0 aliphatic rings. The predicted octanol–water partition coefficient (Wildman–Crippen LogP) is 3.77. The van der Waals surface area contributed by atoms with Gasteiger partial charge in [-0.15, -0.1) is 0 Å². The summed E-state index contributed by atoms with van der Waals surface area (Å²) in [5.74, 6) is 0.426. The molecule has 25 heavy (non-hydrogen) atoms. The van der Waals surface area contributed by atoms with Crippen LogP contribution in [0.3, 0.4) is 0 Å². The molecule has 0 spiro atoms. The third-order valence-electron chi connectivity index (χ3n) is 3.79. The molecule has 0 saturated heterocycles. The summed E-state index contributed by atoms with van der Waals surface area (Å²) in [6, 6.07) is 11.0. The van der Waals surface area contributed by atoms with Gasteiger partial charge in [0.25, 0.3) is 9.70 Å². The zero-order chi connectivity index (χ0) is 18.7. The number of halogens is 3. The molecule has 0 radical (unpaired) electrons. The van der Waals surface area contributed by atoms with E-state index in [0.717, 1.165) is 11.3 Å². The largest absolute Gasteiger partial charge is 0.463 e. The molecule has 0 bridgehead atoms. The summed E-state index contributed by atoms with van der Waals surface area (Å²) < 4.78 is 3.60. The zero-order valence-corrected chi connectivity index (χ0v) is 16.6. The lowest BCUT2D eigenvalue weighted by molar-refractivity contribution is -0.708. The molecule has 4 nitrogen and oxygen atoms in total. The summed E-state index contributed by atoms with van der Waals surface area (Å²) in [6.07, 6.45) is 0.820. The minimum Gasteiger partial charge on any atom is -0.463 e. The maximum Gasteiger partial charge on any atom is 0.262 e. The summed E-state index contributed by atoms with van der Waals surface area (Å²) in [6.45, 7) is 6.79. The van der Waals surface area contributed by atoms with E-state index in [4.69, 9.17) is 39.2 Å². The SMILES string of the molecule is CC(C)(C)c1ccc(C(=O)NC([NH2+]Cc2ccco2)C(Cl)(Cl)Cl)cc1. The predicted molar refractivity (Wildman–Crippen MR) is 101 cm³/mol. The number of rotatable bonds is 5. The molecule has 0 fully saturated rings. The van der Waals surface area contributed by atoms with Crippen LogP contribution in [0.15, 0.2) is 47.1 Å². The Morgan fingerprint density at radius 1 is 1.16 bits per heavy atom. The quantitative estimate of drug-likeness (QED) is 0.589. The van der Waals surface area contributed by atoms with Crippen molar-refractivity contribution in [2.75, 3.05) is 0 Å². The van der Waals surface area contributed by atoms with Gasteiger partial charge in [0.15, 0.2) is 5.76 Å². The Kier molecular flexibility index (Phi) is 6.44. The molecule has 136 valence electrons. The monoisotopic (exact) mass is 403 g/mol. The lowest BCUT2D eigenvalue weighted by atomic mass is 9.87. The van der Waals surface area contributed by atoms with Gasteiger partial charge in [-0.3, -0.25) is 10.1 Å². The van der Waals surface area contributed by atoms with Crippen LogP contribution in [0.2, 0.25) is 0 Å². The van der Waals surface area contributed by atoms with Gasteiger partial charge in [0, 0.05) is 5.56 Å². The number of amides is 1. The zero-order valence-electron chi connectivity index (χ0n) is 14.4. The molecule has 7 heteroatoms. The fourth-order valence-electron chi connectivity index (χ4n) is 2.28. The van der Waals surface area contributed by atoms with Crippen molar-refractivity contribution >= 4 is 40.7 Å². The summed E-state index contributed by atoms with van der Waals surface area (Å²) in [4.78, 5) is 12.5. The lowest BCUT2D eigenvalue weighted by Crippen LogP contribution is -2.95. The van der Waals surface area contributed by atoms with Crippen molar-refractivity contribution in [1.82, 2.24) is 5.32 Å². The Balaban J connectivity index is 2.05. The Bertz CT molecular complexity index is 687. The van der Waals surface area contributed by atoms with E-state index in [9.17, 15) is 4.79 Å². The summed E-state index contributed by atoms with van der Waals surface area (Å²) in [5, 5.41) is 4.48. The molecular weight excluding hydrogens is 383 g/mol. The second-order valence-electron chi connectivity index (χ2n) is 6.84. The highest BCUT2D eigenvalue weighted by atomic mass is 35.6. The van der Waals surface area contributed by atoms with E-state index in [-0.39, 0.29) is 11.3 Å². The van der Waals surface area contributed by atoms with Gasteiger partial charge in [-0.1, -0.05) is 67.7 Å². The lowest BCUT2D eigenvalue weighted by Gasteiger charge is -2.23. The van der Waals surface area contributed by atoms with Crippen LogP contribution in [0, 0.1) is 0 Å². The minimum absolute atomic E-state index is 0.0198. The van der Waals surface area contributed by atoms with Gasteiger partial charge >= 0.3 is 0 Å². The van der Waals surface area contributed by atoms with E-state index in [1.165, 1.54) is 0 Å². The fraction of sp³-hybridized carbons (Fsp3) is 0.389. The van der Waals surface area contributed by atoms with Gasteiger partial charge in [0.2, 0.25) is 6.17 Å². The van der Waals surface area contributed by atoms with Crippen molar-refractivity contribution in [3.05, 3.63) is 59.5 Å². The van der Waals surface area contributed by atoms with Gasteiger partial charge in [-0.05, 0) is 35.2 Å². The first kappa shape index (κ1) is 20.1. The van der Waals surface area contributed by atoms with Gasteiger partial charge in [0.05, 0.1) is 6.26 Å². The normalized spacial score (nSPS) is 13.5. The van der Waals surface area contributed by atoms with E-state index in [1.807, 2.05) is 18.2 Å². The van der Waals surface area contributed by atoms with Crippen LogP contribution in [0.5, 0.6) is 0 Å². The Labute approximate surface area is 162 Å². The van der Waals surface area contributed by atoms with E-state index in [2.05, 4.69) is 26.1 Å². The second-order valence-corrected chi connectivity index (χ2v) is 9.21. The topological polar surface area (TPSA) is 58.9 Å². The molecule has 1 aromatic heterocycles. The first-order valence-corrected chi connectivity index (χ1v) is 9.04. The number of hydrogen-bond donors (Lipinski definition) is 2. The number of quaternary nitrogens is 1. The molecule has 0 saturated carbocycles. The number of furan rings is 1. The third-order valence-corrected chi connectivity index (χ3v) is 4.49. The molecule has 1 unspecified atom stereocenters. The van der Waals surface area contributed by atoms with Crippen molar-refractivity contribution in [1.29, 1.82) is 0 Å². The highest BCUT2D eigenvalue weighted by molar-refractivity contribution is 6.68. The van der Waals surface area contributed by atoms with Crippen LogP contribution in [0.25, 0.3) is 0 Å². The Morgan fingerprint density at radius 3 is 2.28 bits per heavy atom. The van der Waals surface area contributed by atoms with Crippen molar-refractivity contribution in [3.8, 4) is 0 Å². The first-order chi connectivity index (χ1) is 11.6. The van der Waals surface area contributed by atoms with E-state index in [0.29, 0.717) is 12.1 Å². The number of nitrogens with two attached hydrogens (primary N) is 1. The highest BCUT2D eigenvalue weighted by Gasteiger charge is 2.37. The van der Waals surface area contributed by atoms with Crippen LogP contribution in [-0.2, 0) is 12.0 Å². The number of carbonyl (C=O) groups is 1. The molecule has 2 aromatic rings. The smallest absolute Gasteiger partial charge is 0.262 e. The number of hydrogen-bond acceptors (Lipinski definition) is 2. The highest BCUT2D eigenvalue weighted by Crippen LogP contribution is 2.28. The average molecular weight is 405 g/mol. The Hall–Kier alpha value is -1.20. The molecule has 0 aliphatic carbocycles. The van der Waals surface area contributed by atoms with Crippen molar-refractivity contribution < 1.29 is 14.5 Å². The van der Waals surface area contributed by atoms with Crippen LogP contribution >= 0.6 is 34.8 Å². The van der Waals surface area contributed by atoms with Crippen molar-refractivity contribution in [2.45, 2.75) is 42.7 Å². The van der Waals surface area contributed by atoms with Crippen LogP contribution < -0.4 is 10.6 Å². The number of carbonyl (C=O) groups excluding carboxylic acids is 1. The van der Waals surface area contributed by atoms with Crippen LogP contribution in [0.4, 0.5) is 0 Å². The van der Waals surface area contributed by atoms with E-state index < -0.39 is 9.96 Å². The number of alkyl halides is 3. The summed E-state index contributed by atoms with van der Waals surface area (Å²) >= 11 is 18.0. The first-order valence-electron chi connectivity index (χ1n) is 7.91. The van der Waals surface area contributed by atoms with E-state index >= 15 is 0 Å². The average Bonchev–Trinajstić information content (AvgIpc) is 3.02. The van der Waals surface area contributed by atoms with Crippen LogP contribution in [0.1, 0.15) is 42.5 Å². The molecule has 1 aromatic carbocycles. The molecular formula is C18H22Cl3N2O2+. The molecule has 1 atom stereocenters. The summed E-state index contributed by atoms with van der Waals surface area (Å²) in [5.41, 5.74) is 1.68. The Morgan fingerprint density at radius 2 is 1.80 bits per heavy atom.